The molecular weight excluding hydrogens is 422 g/mol. The number of carbonyl (C=O) groups excluding carboxylic acids is 1. The SMILES string of the molecule is CCn1c(-c2cnc(OC)c(C)c2)nc2c(N[C@H]3CCN(C(=O)OC(C)(C)C)C3)ncnc21. The number of pyridine rings is 1. The van der Waals surface area contributed by atoms with Crippen LogP contribution in [0.1, 0.15) is 39.7 Å². The summed E-state index contributed by atoms with van der Waals surface area (Å²) in [5.41, 5.74) is 2.75. The molecule has 0 radical (unpaired) electrons. The van der Waals surface area contributed by atoms with E-state index in [0.717, 1.165) is 29.0 Å². The van der Waals surface area contributed by atoms with Crippen molar-refractivity contribution in [2.75, 3.05) is 25.5 Å². The maximum Gasteiger partial charge on any atom is 0.410 e. The number of nitrogens with zero attached hydrogens (tertiary/aromatic N) is 6. The van der Waals surface area contributed by atoms with Crippen LogP contribution in [-0.2, 0) is 11.3 Å². The van der Waals surface area contributed by atoms with Crippen molar-refractivity contribution in [2.45, 2.75) is 59.2 Å². The molecule has 0 unspecified atom stereocenters. The van der Waals surface area contributed by atoms with Crippen molar-refractivity contribution in [3.8, 4) is 17.3 Å². The summed E-state index contributed by atoms with van der Waals surface area (Å²) in [5, 5.41) is 3.47. The molecule has 1 aliphatic heterocycles. The van der Waals surface area contributed by atoms with E-state index in [9.17, 15) is 4.79 Å². The third kappa shape index (κ3) is 4.69. The van der Waals surface area contributed by atoms with Gasteiger partial charge in [-0.05, 0) is 47.1 Å². The first-order valence-corrected chi connectivity index (χ1v) is 11.2. The highest BCUT2D eigenvalue weighted by Crippen LogP contribution is 2.29. The molecule has 0 saturated carbocycles. The Hall–Kier alpha value is -3.43. The fourth-order valence-electron chi connectivity index (χ4n) is 4.02. The highest BCUT2D eigenvalue weighted by atomic mass is 16.6. The number of hydrogen-bond acceptors (Lipinski definition) is 8. The Bertz CT molecular complexity index is 1170. The lowest BCUT2D eigenvalue weighted by atomic mass is 10.2. The molecule has 33 heavy (non-hydrogen) atoms. The summed E-state index contributed by atoms with van der Waals surface area (Å²) in [7, 11) is 1.61. The smallest absolute Gasteiger partial charge is 0.410 e. The standard InChI is InChI=1S/C23H31N7O3/c1-7-30-19(15-10-14(2)21(32-6)24-11-15)28-17-18(25-13-26-20(17)30)27-16-8-9-29(12-16)22(31)33-23(3,4)5/h10-11,13,16H,7-9,12H2,1-6H3,(H,25,26,27)/t16-/m0/s1. The lowest BCUT2D eigenvalue weighted by Crippen LogP contribution is -2.36. The monoisotopic (exact) mass is 453 g/mol. The van der Waals surface area contributed by atoms with Gasteiger partial charge in [-0.25, -0.2) is 24.7 Å². The van der Waals surface area contributed by atoms with Crippen molar-refractivity contribution >= 4 is 23.1 Å². The van der Waals surface area contributed by atoms with E-state index >= 15 is 0 Å². The third-order valence-electron chi connectivity index (χ3n) is 5.51. The van der Waals surface area contributed by atoms with E-state index in [2.05, 4.69) is 27.2 Å². The second-order valence-electron chi connectivity index (χ2n) is 9.18. The van der Waals surface area contributed by atoms with Gasteiger partial charge in [0.2, 0.25) is 5.88 Å². The van der Waals surface area contributed by atoms with E-state index < -0.39 is 5.60 Å². The molecular formula is C23H31N7O3. The number of ether oxygens (including phenoxy) is 2. The molecule has 1 aliphatic rings. The molecule has 1 atom stereocenters. The molecule has 1 amide bonds. The first-order valence-electron chi connectivity index (χ1n) is 11.2. The molecule has 0 aliphatic carbocycles. The molecule has 10 heteroatoms. The Morgan fingerprint density at radius 2 is 2.06 bits per heavy atom. The molecule has 3 aromatic heterocycles. The largest absolute Gasteiger partial charge is 0.481 e. The minimum atomic E-state index is -0.514. The van der Waals surface area contributed by atoms with Crippen molar-refractivity contribution in [2.24, 2.45) is 0 Å². The molecule has 4 heterocycles. The number of fused-ring (bicyclic) bond motifs is 1. The Morgan fingerprint density at radius 1 is 1.27 bits per heavy atom. The van der Waals surface area contributed by atoms with Crippen LogP contribution in [0.3, 0.4) is 0 Å². The van der Waals surface area contributed by atoms with Gasteiger partial charge in [0.15, 0.2) is 17.0 Å². The fourth-order valence-corrected chi connectivity index (χ4v) is 4.02. The summed E-state index contributed by atoms with van der Waals surface area (Å²) < 4.78 is 12.8. The van der Waals surface area contributed by atoms with Crippen molar-refractivity contribution in [3.63, 3.8) is 0 Å². The number of amides is 1. The fraction of sp³-hybridized carbons (Fsp3) is 0.522. The molecule has 176 valence electrons. The lowest BCUT2D eigenvalue weighted by molar-refractivity contribution is 0.0293. The highest BCUT2D eigenvalue weighted by Gasteiger charge is 2.30. The first kappa shape index (κ1) is 22.8. The number of nitrogens with one attached hydrogen (secondary N) is 1. The summed E-state index contributed by atoms with van der Waals surface area (Å²) in [6.45, 7) is 11.5. The topological polar surface area (TPSA) is 107 Å². The molecule has 0 aromatic carbocycles. The van der Waals surface area contributed by atoms with Gasteiger partial charge in [0, 0.05) is 43.0 Å². The average molecular weight is 454 g/mol. The van der Waals surface area contributed by atoms with Crippen LogP contribution in [0.4, 0.5) is 10.6 Å². The zero-order valence-corrected chi connectivity index (χ0v) is 20.0. The number of imidazole rings is 1. The molecule has 1 saturated heterocycles. The highest BCUT2D eigenvalue weighted by molar-refractivity contribution is 5.86. The average Bonchev–Trinajstić information content (AvgIpc) is 3.37. The quantitative estimate of drug-likeness (QED) is 0.624. The summed E-state index contributed by atoms with van der Waals surface area (Å²) >= 11 is 0. The molecule has 0 spiro atoms. The van der Waals surface area contributed by atoms with Crippen molar-refractivity contribution in [1.29, 1.82) is 0 Å². The minimum absolute atomic E-state index is 0.0516. The number of aromatic nitrogens is 5. The maximum atomic E-state index is 12.4. The number of rotatable bonds is 5. The molecule has 0 bridgehead atoms. The third-order valence-corrected chi connectivity index (χ3v) is 5.51. The predicted octanol–water partition coefficient (Wildman–Crippen LogP) is 3.65. The molecule has 1 fully saturated rings. The minimum Gasteiger partial charge on any atom is -0.481 e. The summed E-state index contributed by atoms with van der Waals surface area (Å²) in [4.78, 5) is 32.4. The van der Waals surface area contributed by atoms with Crippen LogP contribution in [0.25, 0.3) is 22.6 Å². The van der Waals surface area contributed by atoms with Gasteiger partial charge in [0.25, 0.3) is 0 Å². The number of hydrogen-bond donors (Lipinski definition) is 1. The van der Waals surface area contributed by atoms with Gasteiger partial charge in [-0.1, -0.05) is 0 Å². The number of likely N-dealkylation sites (tertiary alicyclic amines) is 1. The van der Waals surface area contributed by atoms with Crippen molar-refractivity contribution < 1.29 is 14.3 Å². The summed E-state index contributed by atoms with van der Waals surface area (Å²) in [5.74, 6) is 2.02. The van der Waals surface area contributed by atoms with Crippen LogP contribution >= 0.6 is 0 Å². The van der Waals surface area contributed by atoms with Crippen LogP contribution in [0.5, 0.6) is 5.88 Å². The van der Waals surface area contributed by atoms with Gasteiger partial charge in [-0.3, -0.25) is 0 Å². The van der Waals surface area contributed by atoms with Gasteiger partial charge in [-0.2, -0.15) is 0 Å². The van der Waals surface area contributed by atoms with E-state index in [1.807, 2.05) is 38.3 Å². The van der Waals surface area contributed by atoms with Gasteiger partial charge in [0.05, 0.1) is 7.11 Å². The molecule has 1 N–H and O–H groups in total. The molecule has 4 rings (SSSR count). The summed E-state index contributed by atoms with van der Waals surface area (Å²) in [6.07, 6.45) is 3.81. The first-order chi connectivity index (χ1) is 15.7. The van der Waals surface area contributed by atoms with Crippen molar-refractivity contribution in [3.05, 3.63) is 24.2 Å². The zero-order valence-electron chi connectivity index (χ0n) is 20.0. The Morgan fingerprint density at radius 3 is 2.73 bits per heavy atom. The molecule has 3 aromatic rings. The predicted molar refractivity (Wildman–Crippen MR) is 125 cm³/mol. The van der Waals surface area contributed by atoms with E-state index in [1.165, 1.54) is 0 Å². The number of carbonyl (C=O) groups is 1. The zero-order chi connectivity index (χ0) is 23.8. The molecule has 10 nitrogen and oxygen atoms in total. The van der Waals surface area contributed by atoms with Crippen LogP contribution in [0.2, 0.25) is 0 Å². The van der Waals surface area contributed by atoms with Gasteiger partial charge < -0.3 is 24.3 Å². The lowest BCUT2D eigenvalue weighted by Gasteiger charge is -2.24. The Kier molecular flexibility index (Phi) is 6.09. The van der Waals surface area contributed by atoms with Gasteiger partial charge in [0.1, 0.15) is 17.8 Å². The van der Waals surface area contributed by atoms with E-state index in [0.29, 0.717) is 36.8 Å². The van der Waals surface area contributed by atoms with Crippen LogP contribution in [-0.4, -0.2) is 67.3 Å². The second kappa shape index (κ2) is 8.84. The maximum absolute atomic E-state index is 12.4. The van der Waals surface area contributed by atoms with Crippen LogP contribution in [0, 0.1) is 6.92 Å². The van der Waals surface area contributed by atoms with E-state index in [4.69, 9.17) is 14.5 Å². The van der Waals surface area contributed by atoms with E-state index in [1.54, 1.807) is 24.5 Å². The Labute approximate surface area is 193 Å². The van der Waals surface area contributed by atoms with Crippen LogP contribution in [0.15, 0.2) is 18.6 Å². The number of anilines is 1. The normalized spacial score (nSPS) is 16.3. The van der Waals surface area contributed by atoms with Gasteiger partial charge >= 0.3 is 6.09 Å². The van der Waals surface area contributed by atoms with E-state index in [-0.39, 0.29) is 12.1 Å². The van der Waals surface area contributed by atoms with Crippen LogP contribution < -0.4 is 10.1 Å². The number of aryl methyl sites for hydroxylation is 2. The Balaban J connectivity index is 1.60. The van der Waals surface area contributed by atoms with Crippen molar-refractivity contribution in [1.82, 2.24) is 29.4 Å². The summed E-state index contributed by atoms with van der Waals surface area (Å²) in [6, 6.07) is 2.06. The number of methoxy groups -OCH3 is 1. The second-order valence-corrected chi connectivity index (χ2v) is 9.18. The van der Waals surface area contributed by atoms with Gasteiger partial charge in [-0.15, -0.1) is 0 Å².